The molecule has 1 aromatic carbocycles. The van der Waals surface area contributed by atoms with Crippen LogP contribution >= 0.6 is 11.3 Å². The summed E-state index contributed by atoms with van der Waals surface area (Å²) in [5.41, 5.74) is 2.37. The molecule has 5 nitrogen and oxygen atoms in total. The van der Waals surface area contributed by atoms with Gasteiger partial charge in [-0.25, -0.2) is 4.98 Å². The van der Waals surface area contributed by atoms with Crippen LogP contribution in [0.25, 0.3) is 10.6 Å². The van der Waals surface area contributed by atoms with Crippen molar-refractivity contribution in [2.75, 3.05) is 45.8 Å². The van der Waals surface area contributed by atoms with Gasteiger partial charge in [-0.1, -0.05) is 30.3 Å². The van der Waals surface area contributed by atoms with Gasteiger partial charge in [-0.05, 0) is 6.42 Å². The van der Waals surface area contributed by atoms with E-state index < -0.39 is 0 Å². The lowest BCUT2D eigenvalue weighted by Gasteiger charge is -2.35. The second-order valence-electron chi connectivity index (χ2n) is 7.11. The van der Waals surface area contributed by atoms with Gasteiger partial charge in [-0.3, -0.25) is 14.6 Å². The molecular weight excluding hydrogens is 344 g/mol. The minimum atomic E-state index is 0.335. The first-order valence-corrected chi connectivity index (χ1v) is 10.4. The van der Waals surface area contributed by atoms with E-state index in [1.165, 1.54) is 11.3 Å². The van der Waals surface area contributed by atoms with Crippen molar-refractivity contribution in [1.82, 2.24) is 19.7 Å². The van der Waals surface area contributed by atoms with Crippen molar-refractivity contribution < 1.29 is 4.79 Å². The molecule has 0 aliphatic carbocycles. The van der Waals surface area contributed by atoms with Crippen LogP contribution in [0, 0.1) is 0 Å². The fourth-order valence-corrected chi connectivity index (χ4v) is 4.51. The minimum Gasteiger partial charge on any atom is -0.341 e. The Morgan fingerprint density at radius 2 is 1.73 bits per heavy atom. The highest BCUT2D eigenvalue weighted by Crippen LogP contribution is 2.24. The van der Waals surface area contributed by atoms with E-state index in [4.69, 9.17) is 4.98 Å². The number of hydrogen-bond donors (Lipinski definition) is 0. The SMILES string of the molecule is O=C1CCCN1CCN1CCN(Cc2csc(-c3ccccc3)n2)CC1. The summed E-state index contributed by atoms with van der Waals surface area (Å²) in [6.45, 7) is 8.10. The molecule has 1 amide bonds. The van der Waals surface area contributed by atoms with Gasteiger partial charge < -0.3 is 4.90 Å². The predicted octanol–water partition coefficient (Wildman–Crippen LogP) is 2.55. The highest BCUT2D eigenvalue weighted by Gasteiger charge is 2.22. The molecule has 1 aromatic heterocycles. The number of amides is 1. The number of carbonyl (C=O) groups is 1. The van der Waals surface area contributed by atoms with Gasteiger partial charge in [0.25, 0.3) is 0 Å². The van der Waals surface area contributed by atoms with Crippen LogP contribution in [0.4, 0.5) is 0 Å². The van der Waals surface area contributed by atoms with Crippen molar-refractivity contribution in [1.29, 1.82) is 0 Å². The summed E-state index contributed by atoms with van der Waals surface area (Å²) in [5.74, 6) is 0.335. The Bertz CT molecular complexity index is 724. The molecule has 138 valence electrons. The van der Waals surface area contributed by atoms with E-state index in [-0.39, 0.29) is 0 Å². The Balaban J connectivity index is 1.23. The largest absolute Gasteiger partial charge is 0.341 e. The molecule has 3 heterocycles. The third-order valence-corrected chi connectivity index (χ3v) is 6.22. The van der Waals surface area contributed by atoms with E-state index in [1.807, 2.05) is 11.0 Å². The Kier molecular flexibility index (Phi) is 5.62. The van der Waals surface area contributed by atoms with E-state index in [0.29, 0.717) is 5.91 Å². The van der Waals surface area contributed by atoms with Gasteiger partial charge in [0.15, 0.2) is 0 Å². The number of rotatable bonds is 6. The maximum absolute atomic E-state index is 11.7. The predicted molar refractivity (Wildman–Crippen MR) is 105 cm³/mol. The number of aromatic nitrogens is 1. The van der Waals surface area contributed by atoms with E-state index in [2.05, 4.69) is 39.4 Å². The second kappa shape index (κ2) is 8.29. The Hall–Kier alpha value is -1.76. The number of carbonyl (C=O) groups excluding carboxylic acids is 1. The highest BCUT2D eigenvalue weighted by molar-refractivity contribution is 7.13. The number of piperazine rings is 1. The van der Waals surface area contributed by atoms with Crippen molar-refractivity contribution in [2.24, 2.45) is 0 Å². The first-order valence-electron chi connectivity index (χ1n) is 9.50. The van der Waals surface area contributed by atoms with Crippen LogP contribution in [-0.2, 0) is 11.3 Å². The average Bonchev–Trinajstić information content (AvgIpc) is 3.31. The quantitative estimate of drug-likeness (QED) is 0.783. The zero-order valence-electron chi connectivity index (χ0n) is 15.1. The molecule has 0 spiro atoms. The molecule has 0 N–H and O–H groups in total. The molecule has 6 heteroatoms. The summed E-state index contributed by atoms with van der Waals surface area (Å²) < 4.78 is 0. The van der Waals surface area contributed by atoms with Crippen molar-refractivity contribution >= 4 is 17.2 Å². The molecule has 0 atom stereocenters. The Morgan fingerprint density at radius 1 is 0.962 bits per heavy atom. The first-order chi connectivity index (χ1) is 12.8. The molecule has 2 aromatic rings. The molecule has 26 heavy (non-hydrogen) atoms. The van der Waals surface area contributed by atoms with E-state index in [0.717, 1.165) is 70.2 Å². The Labute approximate surface area is 159 Å². The van der Waals surface area contributed by atoms with Gasteiger partial charge in [0.1, 0.15) is 5.01 Å². The van der Waals surface area contributed by atoms with Gasteiger partial charge in [0, 0.05) is 69.7 Å². The van der Waals surface area contributed by atoms with E-state index in [1.54, 1.807) is 11.3 Å². The second-order valence-corrected chi connectivity index (χ2v) is 7.97. The maximum atomic E-state index is 11.7. The summed E-state index contributed by atoms with van der Waals surface area (Å²) in [6.07, 6.45) is 1.78. The number of thiazole rings is 1. The summed E-state index contributed by atoms with van der Waals surface area (Å²) in [7, 11) is 0. The van der Waals surface area contributed by atoms with Crippen molar-refractivity contribution in [3.8, 4) is 10.6 Å². The molecule has 0 saturated carbocycles. The molecule has 0 bridgehead atoms. The van der Waals surface area contributed by atoms with Crippen LogP contribution in [0.15, 0.2) is 35.7 Å². The number of benzene rings is 1. The van der Waals surface area contributed by atoms with Gasteiger partial charge in [-0.2, -0.15) is 0 Å². The molecule has 2 saturated heterocycles. The summed E-state index contributed by atoms with van der Waals surface area (Å²) in [5, 5.41) is 3.29. The lowest BCUT2D eigenvalue weighted by atomic mass is 10.2. The fraction of sp³-hybridized carbons (Fsp3) is 0.500. The number of hydrogen-bond acceptors (Lipinski definition) is 5. The highest BCUT2D eigenvalue weighted by atomic mass is 32.1. The van der Waals surface area contributed by atoms with Crippen LogP contribution in [0.1, 0.15) is 18.5 Å². The molecule has 4 rings (SSSR count). The first kappa shape index (κ1) is 17.6. The van der Waals surface area contributed by atoms with E-state index in [9.17, 15) is 4.79 Å². The standard InChI is InChI=1S/C20H26N4OS/c25-19-7-4-8-24(19)14-13-22-9-11-23(12-10-22)15-18-16-26-20(21-18)17-5-2-1-3-6-17/h1-3,5-6,16H,4,7-15H2. The van der Waals surface area contributed by atoms with Crippen molar-refractivity contribution in [3.63, 3.8) is 0 Å². The molecule has 0 radical (unpaired) electrons. The molecule has 2 aliphatic rings. The zero-order valence-corrected chi connectivity index (χ0v) is 16.0. The van der Waals surface area contributed by atoms with Crippen LogP contribution in [0.5, 0.6) is 0 Å². The summed E-state index contributed by atoms with van der Waals surface area (Å²) in [6, 6.07) is 10.4. The van der Waals surface area contributed by atoms with Gasteiger partial charge in [0.2, 0.25) is 5.91 Å². The molecule has 0 unspecified atom stereocenters. The number of likely N-dealkylation sites (tertiary alicyclic amines) is 1. The van der Waals surface area contributed by atoms with Gasteiger partial charge in [0.05, 0.1) is 5.69 Å². The van der Waals surface area contributed by atoms with Gasteiger partial charge >= 0.3 is 0 Å². The van der Waals surface area contributed by atoms with Crippen LogP contribution < -0.4 is 0 Å². The Morgan fingerprint density at radius 3 is 2.46 bits per heavy atom. The normalized spacial score (nSPS) is 19.4. The monoisotopic (exact) mass is 370 g/mol. The molecule has 2 aliphatic heterocycles. The van der Waals surface area contributed by atoms with Gasteiger partial charge in [-0.15, -0.1) is 11.3 Å². The third kappa shape index (κ3) is 4.31. The lowest BCUT2D eigenvalue weighted by Crippen LogP contribution is -2.48. The van der Waals surface area contributed by atoms with Crippen LogP contribution in [0.2, 0.25) is 0 Å². The maximum Gasteiger partial charge on any atom is 0.222 e. The molecular formula is C20H26N4OS. The minimum absolute atomic E-state index is 0.335. The van der Waals surface area contributed by atoms with E-state index >= 15 is 0 Å². The zero-order chi connectivity index (χ0) is 17.8. The van der Waals surface area contributed by atoms with Crippen molar-refractivity contribution in [2.45, 2.75) is 19.4 Å². The lowest BCUT2D eigenvalue weighted by molar-refractivity contribution is -0.127. The summed E-state index contributed by atoms with van der Waals surface area (Å²) >= 11 is 1.73. The third-order valence-electron chi connectivity index (χ3n) is 5.28. The molecule has 2 fully saturated rings. The number of nitrogens with zero attached hydrogens (tertiary/aromatic N) is 4. The average molecular weight is 371 g/mol. The van der Waals surface area contributed by atoms with Crippen LogP contribution in [-0.4, -0.2) is 71.4 Å². The fourth-order valence-electron chi connectivity index (χ4n) is 3.70. The summed E-state index contributed by atoms with van der Waals surface area (Å²) in [4.78, 5) is 23.5. The smallest absolute Gasteiger partial charge is 0.222 e. The van der Waals surface area contributed by atoms with Crippen molar-refractivity contribution in [3.05, 3.63) is 41.4 Å². The van der Waals surface area contributed by atoms with Crippen LogP contribution in [0.3, 0.4) is 0 Å². The topological polar surface area (TPSA) is 39.7 Å².